The molecule has 4 rings (SSSR count). The van der Waals surface area contributed by atoms with Crippen molar-refractivity contribution in [1.82, 2.24) is 20.4 Å². The Hall–Kier alpha value is -1.54. The Kier molecular flexibility index (Phi) is 6.87. The number of likely N-dealkylation sites (tertiary alicyclic amines) is 2. The molecule has 2 N–H and O–H groups in total. The molecule has 172 valence electrons. The molecule has 8 heteroatoms. The van der Waals surface area contributed by atoms with E-state index in [1.807, 2.05) is 51.3 Å². The van der Waals surface area contributed by atoms with Gasteiger partial charge in [0.15, 0.2) is 0 Å². The van der Waals surface area contributed by atoms with Crippen LogP contribution in [0.4, 0.5) is 9.59 Å². The van der Waals surface area contributed by atoms with Crippen LogP contribution in [-0.4, -0.2) is 84.5 Å². The molecule has 0 spiro atoms. The molecule has 4 aliphatic rings. The predicted octanol–water partition coefficient (Wildman–Crippen LogP) is 2.43. The molecule has 2 amide bonds. The SMILES string of the molecule is CC(C)(C)OC(=O)N1C[C@@H]2CNCC[C@@H]21.CC(C)(C)OC(=O)N1C[C@H]2CNCC[C@H]21. The molecule has 8 nitrogen and oxygen atoms in total. The number of ether oxygens (including phenoxy) is 2. The molecule has 0 aromatic carbocycles. The van der Waals surface area contributed by atoms with Gasteiger partial charge in [-0.15, -0.1) is 0 Å². The minimum absolute atomic E-state index is 0.148. The van der Waals surface area contributed by atoms with Crippen LogP contribution < -0.4 is 10.6 Å². The van der Waals surface area contributed by atoms with Crippen LogP contribution in [0, 0.1) is 11.8 Å². The molecule has 0 radical (unpaired) electrons. The molecule has 4 atom stereocenters. The highest BCUT2D eigenvalue weighted by Gasteiger charge is 2.45. The molecule has 4 fully saturated rings. The van der Waals surface area contributed by atoms with Gasteiger partial charge in [0, 0.05) is 50.1 Å². The van der Waals surface area contributed by atoms with Crippen molar-refractivity contribution in [3.63, 3.8) is 0 Å². The molecule has 0 aliphatic carbocycles. The fraction of sp³-hybridized carbons (Fsp3) is 0.909. The van der Waals surface area contributed by atoms with Gasteiger partial charge in [0.2, 0.25) is 0 Å². The summed E-state index contributed by atoms with van der Waals surface area (Å²) in [4.78, 5) is 27.3. The topological polar surface area (TPSA) is 83.1 Å². The van der Waals surface area contributed by atoms with Crippen molar-refractivity contribution < 1.29 is 19.1 Å². The van der Waals surface area contributed by atoms with Crippen molar-refractivity contribution in [2.75, 3.05) is 39.3 Å². The zero-order chi connectivity index (χ0) is 22.1. The predicted molar refractivity (Wildman–Crippen MR) is 115 cm³/mol. The monoisotopic (exact) mass is 424 g/mol. The number of carbonyl (C=O) groups excluding carboxylic acids is 2. The number of carbonyl (C=O) groups is 2. The van der Waals surface area contributed by atoms with Crippen LogP contribution in [0.25, 0.3) is 0 Å². The number of nitrogens with zero attached hydrogens (tertiary/aromatic N) is 2. The third-order valence-electron chi connectivity index (χ3n) is 6.05. The Morgan fingerprint density at radius 3 is 1.40 bits per heavy atom. The van der Waals surface area contributed by atoms with Crippen molar-refractivity contribution >= 4 is 12.2 Å². The molecule has 0 saturated carbocycles. The Labute approximate surface area is 181 Å². The zero-order valence-corrected chi connectivity index (χ0v) is 19.5. The van der Waals surface area contributed by atoms with Crippen molar-refractivity contribution in [3.8, 4) is 0 Å². The number of hydrogen-bond acceptors (Lipinski definition) is 6. The van der Waals surface area contributed by atoms with E-state index in [9.17, 15) is 9.59 Å². The first-order valence-electron chi connectivity index (χ1n) is 11.4. The van der Waals surface area contributed by atoms with Gasteiger partial charge in [0.1, 0.15) is 11.2 Å². The lowest BCUT2D eigenvalue weighted by molar-refractivity contribution is -0.0391. The summed E-state index contributed by atoms with van der Waals surface area (Å²) in [7, 11) is 0. The summed E-state index contributed by atoms with van der Waals surface area (Å²) in [6, 6.07) is 0.835. The third kappa shape index (κ3) is 5.78. The van der Waals surface area contributed by atoms with Crippen LogP contribution >= 0.6 is 0 Å². The summed E-state index contributed by atoms with van der Waals surface area (Å²) in [6.07, 6.45) is 1.82. The largest absolute Gasteiger partial charge is 0.444 e. The van der Waals surface area contributed by atoms with Crippen LogP contribution in [0.2, 0.25) is 0 Å². The Morgan fingerprint density at radius 1 is 0.733 bits per heavy atom. The van der Waals surface area contributed by atoms with Crippen LogP contribution in [0.5, 0.6) is 0 Å². The molecule has 4 aliphatic heterocycles. The van der Waals surface area contributed by atoms with Gasteiger partial charge in [0.05, 0.1) is 0 Å². The van der Waals surface area contributed by atoms with E-state index in [1.165, 1.54) is 0 Å². The van der Waals surface area contributed by atoms with Crippen molar-refractivity contribution in [2.45, 2.75) is 77.7 Å². The average molecular weight is 425 g/mol. The van der Waals surface area contributed by atoms with Crippen molar-refractivity contribution in [2.24, 2.45) is 11.8 Å². The van der Waals surface area contributed by atoms with Gasteiger partial charge in [-0.2, -0.15) is 0 Å². The number of amides is 2. The summed E-state index contributed by atoms with van der Waals surface area (Å²) in [5.74, 6) is 1.29. The zero-order valence-electron chi connectivity index (χ0n) is 19.5. The fourth-order valence-electron chi connectivity index (χ4n) is 4.57. The van der Waals surface area contributed by atoms with Crippen LogP contribution in [0.1, 0.15) is 54.4 Å². The standard InChI is InChI=1S/2C11H20N2O2/c2*1-11(2,3)15-10(14)13-7-8-6-12-5-4-9(8)13/h2*8-9,12H,4-7H2,1-3H3/t2*8-,9-/m10/s1. The molecule has 0 aromatic rings. The molecule has 0 bridgehead atoms. The first-order valence-corrected chi connectivity index (χ1v) is 11.4. The number of piperidine rings is 2. The first-order chi connectivity index (χ1) is 13.9. The summed E-state index contributed by atoms with van der Waals surface area (Å²) in [6.45, 7) is 17.3. The maximum atomic E-state index is 11.8. The lowest BCUT2D eigenvalue weighted by Gasteiger charge is -2.50. The molecular weight excluding hydrogens is 384 g/mol. The highest BCUT2D eigenvalue weighted by Crippen LogP contribution is 2.31. The number of hydrogen-bond donors (Lipinski definition) is 2. The average Bonchev–Trinajstić information content (AvgIpc) is 2.54. The number of rotatable bonds is 0. The Balaban J connectivity index is 0.000000171. The Morgan fingerprint density at radius 2 is 1.10 bits per heavy atom. The molecule has 30 heavy (non-hydrogen) atoms. The van der Waals surface area contributed by atoms with E-state index >= 15 is 0 Å². The van der Waals surface area contributed by atoms with E-state index in [2.05, 4.69) is 10.6 Å². The Bertz CT molecular complexity index is 574. The minimum Gasteiger partial charge on any atom is -0.444 e. The summed E-state index contributed by atoms with van der Waals surface area (Å²) in [5, 5.41) is 6.69. The van der Waals surface area contributed by atoms with Crippen molar-refractivity contribution in [1.29, 1.82) is 0 Å². The van der Waals surface area contributed by atoms with E-state index in [0.717, 1.165) is 52.1 Å². The molecule has 4 heterocycles. The van der Waals surface area contributed by atoms with E-state index in [4.69, 9.17) is 9.47 Å². The maximum Gasteiger partial charge on any atom is 0.410 e. The van der Waals surface area contributed by atoms with Gasteiger partial charge >= 0.3 is 12.2 Å². The van der Waals surface area contributed by atoms with E-state index in [-0.39, 0.29) is 23.4 Å². The highest BCUT2D eigenvalue weighted by atomic mass is 16.6. The number of nitrogens with one attached hydrogen (secondary N) is 2. The number of fused-ring (bicyclic) bond motifs is 2. The van der Waals surface area contributed by atoms with Crippen LogP contribution in [-0.2, 0) is 9.47 Å². The van der Waals surface area contributed by atoms with Gasteiger partial charge in [-0.25, -0.2) is 9.59 Å². The second-order valence-corrected chi connectivity index (χ2v) is 10.9. The fourth-order valence-corrected chi connectivity index (χ4v) is 4.57. The second kappa shape index (κ2) is 8.91. The van der Waals surface area contributed by atoms with Gasteiger partial charge in [-0.1, -0.05) is 0 Å². The van der Waals surface area contributed by atoms with Gasteiger partial charge < -0.3 is 29.9 Å². The summed E-state index contributed by atoms with van der Waals surface area (Å²) >= 11 is 0. The summed E-state index contributed by atoms with van der Waals surface area (Å²) in [5.41, 5.74) is -0.760. The lowest BCUT2D eigenvalue weighted by Crippen LogP contribution is -2.64. The molecule has 4 saturated heterocycles. The van der Waals surface area contributed by atoms with Gasteiger partial charge in [0.25, 0.3) is 0 Å². The van der Waals surface area contributed by atoms with Crippen molar-refractivity contribution in [3.05, 3.63) is 0 Å². The quantitative estimate of drug-likeness (QED) is 0.621. The van der Waals surface area contributed by atoms with E-state index < -0.39 is 0 Å². The molecule has 0 unspecified atom stereocenters. The normalized spacial score (nSPS) is 30.5. The molecule has 0 aromatic heterocycles. The van der Waals surface area contributed by atoms with Gasteiger partial charge in [-0.3, -0.25) is 0 Å². The summed E-state index contributed by atoms with van der Waals surface area (Å²) < 4.78 is 10.7. The maximum absolute atomic E-state index is 11.8. The smallest absolute Gasteiger partial charge is 0.410 e. The third-order valence-corrected chi connectivity index (χ3v) is 6.05. The van der Waals surface area contributed by atoms with Gasteiger partial charge in [-0.05, 0) is 67.5 Å². The van der Waals surface area contributed by atoms with Crippen LogP contribution in [0.15, 0.2) is 0 Å². The van der Waals surface area contributed by atoms with E-state index in [1.54, 1.807) is 0 Å². The highest BCUT2D eigenvalue weighted by molar-refractivity contribution is 5.70. The second-order valence-electron chi connectivity index (χ2n) is 10.9. The lowest BCUT2D eigenvalue weighted by atomic mass is 9.84. The van der Waals surface area contributed by atoms with Crippen LogP contribution in [0.3, 0.4) is 0 Å². The first kappa shape index (κ1) is 23.1. The minimum atomic E-state index is -0.380. The van der Waals surface area contributed by atoms with E-state index in [0.29, 0.717) is 23.9 Å². The molecular formula is C22H40N4O4.